The van der Waals surface area contributed by atoms with E-state index in [2.05, 4.69) is 6.92 Å². The Morgan fingerprint density at radius 3 is 2.50 bits per heavy atom. The number of Topliss-reactive ketones (excluding diaryl/α,β-unsaturated/α-hetero) is 2. The molecule has 0 saturated heterocycles. The molecule has 6 nitrogen and oxygen atoms in total. The van der Waals surface area contributed by atoms with Crippen LogP contribution in [0.4, 0.5) is 0 Å². The molecule has 0 saturated carbocycles. The third-order valence-corrected chi connectivity index (χ3v) is 5.36. The number of aliphatic hydroxyl groups is 2. The molecule has 0 aromatic rings. The molecule has 2 N–H and O–H groups in total. The fourth-order valence-corrected chi connectivity index (χ4v) is 4.10. The van der Waals surface area contributed by atoms with Crippen LogP contribution in [0.3, 0.4) is 0 Å². The van der Waals surface area contributed by atoms with Crippen molar-refractivity contribution < 1.29 is 29.3 Å². The van der Waals surface area contributed by atoms with E-state index in [4.69, 9.17) is 9.47 Å². The summed E-state index contributed by atoms with van der Waals surface area (Å²) in [6.07, 6.45) is 0.691. The molecule has 0 bridgehead atoms. The molecule has 1 aliphatic carbocycles. The summed E-state index contributed by atoms with van der Waals surface area (Å²) in [5.41, 5.74) is -1.36. The Bertz CT molecular complexity index is 675. The highest BCUT2D eigenvalue weighted by Gasteiger charge is 2.60. The fourth-order valence-electron chi connectivity index (χ4n) is 4.10. The van der Waals surface area contributed by atoms with Crippen molar-refractivity contribution >= 4 is 11.6 Å². The van der Waals surface area contributed by atoms with Crippen LogP contribution in [-0.2, 0) is 19.1 Å². The Morgan fingerprint density at radius 2 is 1.88 bits per heavy atom. The average Bonchev–Trinajstić information content (AvgIpc) is 2.53. The molecule has 3 rings (SSSR count). The molecule has 0 amide bonds. The Morgan fingerprint density at radius 1 is 1.21 bits per heavy atom. The summed E-state index contributed by atoms with van der Waals surface area (Å²) in [6, 6.07) is 0. The van der Waals surface area contributed by atoms with Crippen molar-refractivity contribution in [3.63, 3.8) is 0 Å². The number of ketones is 2. The lowest BCUT2D eigenvalue weighted by Gasteiger charge is -2.51. The lowest BCUT2D eigenvalue weighted by Crippen LogP contribution is -2.56. The van der Waals surface area contributed by atoms with E-state index in [1.807, 2.05) is 6.92 Å². The van der Waals surface area contributed by atoms with Crippen LogP contribution in [0.5, 0.6) is 0 Å². The lowest BCUT2D eigenvalue weighted by molar-refractivity contribution is -0.152. The molecule has 0 spiro atoms. The minimum absolute atomic E-state index is 0.0209. The Hall–Kier alpha value is -1.82. The van der Waals surface area contributed by atoms with E-state index in [0.29, 0.717) is 18.4 Å². The molecule has 2 heterocycles. The van der Waals surface area contributed by atoms with Gasteiger partial charge < -0.3 is 19.7 Å². The maximum atomic E-state index is 12.6. The van der Waals surface area contributed by atoms with Crippen LogP contribution in [0, 0.1) is 5.41 Å². The standard InChI is InChI=1S/C18H24O6/c1-5-6-7-17(3)8-18(4)10-14(12(20)13(21)16(18)22)23-9(2)11(19)15(10)24-17/h9,16,20,22H,5-8H2,1-4H3/t9-,16+,17-,18-/m1/s1. The van der Waals surface area contributed by atoms with E-state index >= 15 is 0 Å². The third-order valence-electron chi connectivity index (χ3n) is 5.36. The Labute approximate surface area is 141 Å². The minimum atomic E-state index is -1.43. The molecule has 0 radical (unpaired) electrons. The fraction of sp³-hybridized carbons (Fsp3) is 0.667. The van der Waals surface area contributed by atoms with Gasteiger partial charge in [0.05, 0.1) is 5.57 Å². The minimum Gasteiger partial charge on any atom is -0.502 e. The van der Waals surface area contributed by atoms with Gasteiger partial charge >= 0.3 is 0 Å². The van der Waals surface area contributed by atoms with Crippen molar-refractivity contribution in [3.8, 4) is 0 Å². The molecular weight excluding hydrogens is 312 g/mol. The second-order valence-electron chi connectivity index (χ2n) is 7.52. The first-order valence-electron chi connectivity index (χ1n) is 8.45. The van der Waals surface area contributed by atoms with Gasteiger partial charge in [0.2, 0.25) is 17.3 Å². The number of aliphatic hydroxyl groups excluding tert-OH is 2. The van der Waals surface area contributed by atoms with E-state index in [0.717, 1.165) is 12.8 Å². The van der Waals surface area contributed by atoms with Crippen LogP contribution in [0.25, 0.3) is 0 Å². The summed E-state index contributed by atoms with van der Waals surface area (Å²) >= 11 is 0. The van der Waals surface area contributed by atoms with E-state index in [9.17, 15) is 19.8 Å². The number of hydrogen-bond acceptors (Lipinski definition) is 6. The summed E-state index contributed by atoms with van der Waals surface area (Å²) in [7, 11) is 0. The molecule has 0 unspecified atom stereocenters. The second-order valence-corrected chi connectivity index (χ2v) is 7.52. The zero-order valence-corrected chi connectivity index (χ0v) is 14.5. The summed E-state index contributed by atoms with van der Waals surface area (Å²) < 4.78 is 11.6. The van der Waals surface area contributed by atoms with Gasteiger partial charge in [0.1, 0.15) is 11.7 Å². The summed E-state index contributed by atoms with van der Waals surface area (Å²) in [5, 5.41) is 20.7. The maximum Gasteiger partial charge on any atom is 0.237 e. The number of carbonyl (C=O) groups excluding carboxylic acids is 2. The van der Waals surface area contributed by atoms with Gasteiger partial charge in [-0.2, -0.15) is 0 Å². The van der Waals surface area contributed by atoms with Gasteiger partial charge in [0.25, 0.3) is 0 Å². The van der Waals surface area contributed by atoms with Crippen molar-refractivity contribution in [2.45, 2.75) is 71.2 Å². The number of unbranched alkanes of at least 4 members (excludes halogenated alkanes) is 1. The van der Waals surface area contributed by atoms with Crippen molar-refractivity contribution in [2.24, 2.45) is 5.41 Å². The molecule has 2 aliphatic heterocycles. The number of carbonyl (C=O) groups is 2. The van der Waals surface area contributed by atoms with E-state index < -0.39 is 34.8 Å². The van der Waals surface area contributed by atoms with Crippen molar-refractivity contribution in [3.05, 3.63) is 22.9 Å². The highest BCUT2D eigenvalue weighted by Crippen LogP contribution is 2.55. The monoisotopic (exact) mass is 336 g/mol. The SMILES string of the molecule is CCCC[C@]1(C)C[C@]2(C)C3=C(O1)C(=O)[C@@H](C)OC3=C(O)C(=O)[C@@H]2O. The molecule has 6 heteroatoms. The van der Waals surface area contributed by atoms with E-state index in [1.165, 1.54) is 0 Å². The van der Waals surface area contributed by atoms with Crippen LogP contribution >= 0.6 is 0 Å². The largest absolute Gasteiger partial charge is 0.502 e. The topological polar surface area (TPSA) is 93.1 Å². The predicted molar refractivity (Wildman–Crippen MR) is 85.0 cm³/mol. The van der Waals surface area contributed by atoms with Gasteiger partial charge in [-0.3, -0.25) is 9.59 Å². The summed E-state index contributed by atoms with van der Waals surface area (Å²) in [6.45, 7) is 7.26. The van der Waals surface area contributed by atoms with Gasteiger partial charge in [-0.1, -0.05) is 20.3 Å². The molecule has 0 aromatic carbocycles. The van der Waals surface area contributed by atoms with Crippen molar-refractivity contribution in [1.29, 1.82) is 0 Å². The molecule has 4 atom stereocenters. The molecule has 132 valence electrons. The van der Waals surface area contributed by atoms with Gasteiger partial charge in [-0.05, 0) is 33.1 Å². The van der Waals surface area contributed by atoms with E-state index in [-0.39, 0.29) is 17.3 Å². The number of rotatable bonds is 3. The predicted octanol–water partition coefficient (Wildman–Crippen LogP) is 2.32. The van der Waals surface area contributed by atoms with Crippen LogP contribution < -0.4 is 0 Å². The maximum absolute atomic E-state index is 12.6. The van der Waals surface area contributed by atoms with Crippen LogP contribution in [0.1, 0.15) is 53.4 Å². The molecule has 3 aliphatic rings. The summed E-state index contributed by atoms with van der Waals surface area (Å²) in [5.74, 6) is -1.62. The van der Waals surface area contributed by atoms with Gasteiger partial charge in [0.15, 0.2) is 17.6 Å². The van der Waals surface area contributed by atoms with Crippen LogP contribution in [-0.4, -0.2) is 39.6 Å². The zero-order valence-electron chi connectivity index (χ0n) is 14.5. The molecular formula is C18H24O6. The smallest absolute Gasteiger partial charge is 0.237 e. The summed E-state index contributed by atoms with van der Waals surface area (Å²) in [4.78, 5) is 24.9. The normalized spacial score (nSPS) is 38.7. The number of allylic oxidation sites excluding steroid dienone is 1. The average molecular weight is 336 g/mol. The van der Waals surface area contributed by atoms with Gasteiger partial charge in [-0.15, -0.1) is 0 Å². The van der Waals surface area contributed by atoms with Crippen molar-refractivity contribution in [1.82, 2.24) is 0 Å². The van der Waals surface area contributed by atoms with Crippen LogP contribution in [0.15, 0.2) is 22.9 Å². The lowest BCUT2D eigenvalue weighted by atomic mass is 9.62. The Kier molecular flexibility index (Phi) is 3.79. The van der Waals surface area contributed by atoms with Gasteiger partial charge in [-0.25, -0.2) is 0 Å². The zero-order chi connectivity index (χ0) is 17.9. The molecule has 24 heavy (non-hydrogen) atoms. The highest BCUT2D eigenvalue weighted by atomic mass is 16.5. The third kappa shape index (κ3) is 2.19. The van der Waals surface area contributed by atoms with Crippen molar-refractivity contribution in [2.75, 3.05) is 0 Å². The molecule has 0 aromatic heterocycles. The van der Waals surface area contributed by atoms with E-state index in [1.54, 1.807) is 13.8 Å². The highest BCUT2D eigenvalue weighted by molar-refractivity contribution is 6.05. The Balaban J connectivity index is 2.21. The first-order chi connectivity index (χ1) is 11.1. The van der Waals surface area contributed by atoms with Gasteiger partial charge in [0, 0.05) is 5.41 Å². The second kappa shape index (κ2) is 5.34. The quantitative estimate of drug-likeness (QED) is 0.821. The number of hydrogen-bond donors (Lipinski definition) is 2. The first kappa shape index (κ1) is 17.0. The first-order valence-corrected chi connectivity index (χ1v) is 8.45. The number of ether oxygens (including phenoxy) is 2. The molecule has 0 fully saturated rings. The van der Waals surface area contributed by atoms with Crippen LogP contribution in [0.2, 0.25) is 0 Å².